The van der Waals surface area contributed by atoms with E-state index in [1.54, 1.807) is 4.31 Å². The highest BCUT2D eigenvalue weighted by Crippen LogP contribution is 2.35. The monoisotopic (exact) mass is 434 g/mol. The van der Waals surface area contributed by atoms with Crippen molar-refractivity contribution in [3.63, 3.8) is 0 Å². The Hall–Kier alpha value is -1.97. The number of sulfonamides is 1. The number of fused-ring (bicyclic) bond motifs is 1. The molecule has 0 saturated heterocycles. The van der Waals surface area contributed by atoms with Crippen molar-refractivity contribution < 1.29 is 13.2 Å². The second-order valence-corrected chi connectivity index (χ2v) is 11.9. The maximum atomic E-state index is 12.5. The Morgan fingerprint density at radius 2 is 1.86 bits per heavy atom. The van der Waals surface area contributed by atoms with Crippen LogP contribution in [0.25, 0.3) is 0 Å². The molecule has 9 heteroatoms. The topological polar surface area (TPSA) is 91.4 Å². The lowest BCUT2D eigenvalue weighted by Crippen LogP contribution is -2.37. The van der Waals surface area contributed by atoms with Crippen LogP contribution in [0, 0.1) is 0 Å². The lowest BCUT2D eigenvalue weighted by Gasteiger charge is -2.25. The Morgan fingerprint density at radius 3 is 2.48 bits per heavy atom. The third kappa shape index (κ3) is 4.46. The minimum Gasteiger partial charge on any atom is -0.308 e. The van der Waals surface area contributed by atoms with Crippen molar-refractivity contribution in [3.05, 3.63) is 40.4 Å². The van der Waals surface area contributed by atoms with Crippen LogP contribution in [0.4, 0.5) is 15.6 Å². The number of hydrogen-bond donors (Lipinski definition) is 2. The largest absolute Gasteiger partial charge is 0.325 e. The van der Waals surface area contributed by atoms with E-state index in [0.29, 0.717) is 30.3 Å². The number of carbonyl (C=O) groups is 1. The quantitative estimate of drug-likeness (QED) is 0.763. The summed E-state index contributed by atoms with van der Waals surface area (Å²) in [5.74, 6) is 0. The first-order chi connectivity index (χ1) is 13.6. The summed E-state index contributed by atoms with van der Waals surface area (Å²) in [5, 5.41) is 5.87. The standard InChI is InChI=1S/C20H26N4O3S2/c1-20(2,3)13-4-6-14(7-5-13)21-18(25)23-19-22-16-10-11-24(12-17(16)28-19)29(26,27)15-8-9-15/h4-7,15H,8-12H2,1-3H3,(H2,21,22,23,25). The zero-order valence-corrected chi connectivity index (χ0v) is 18.5. The Balaban J connectivity index is 1.38. The van der Waals surface area contributed by atoms with E-state index in [2.05, 4.69) is 36.4 Å². The maximum Gasteiger partial charge on any atom is 0.325 e. The predicted octanol–water partition coefficient (Wildman–Crippen LogP) is 3.93. The van der Waals surface area contributed by atoms with Gasteiger partial charge in [-0.15, -0.1) is 0 Å². The molecule has 1 aromatic heterocycles. The smallest absolute Gasteiger partial charge is 0.308 e. The molecule has 1 aromatic carbocycles. The fourth-order valence-corrected chi connectivity index (χ4v) is 6.24. The Kier molecular flexibility index (Phi) is 5.16. The van der Waals surface area contributed by atoms with Crippen LogP contribution in [-0.4, -0.2) is 35.5 Å². The van der Waals surface area contributed by atoms with Crippen molar-refractivity contribution in [3.8, 4) is 0 Å². The van der Waals surface area contributed by atoms with Gasteiger partial charge in [-0.1, -0.05) is 44.2 Å². The Morgan fingerprint density at radius 1 is 1.17 bits per heavy atom. The highest BCUT2D eigenvalue weighted by atomic mass is 32.2. The second-order valence-electron chi connectivity index (χ2n) is 8.62. The predicted molar refractivity (Wildman–Crippen MR) is 116 cm³/mol. The summed E-state index contributed by atoms with van der Waals surface area (Å²) in [5.41, 5.74) is 2.84. The van der Waals surface area contributed by atoms with E-state index in [0.717, 1.165) is 23.4 Å². The number of hydrogen-bond acceptors (Lipinski definition) is 5. The van der Waals surface area contributed by atoms with Gasteiger partial charge in [0.1, 0.15) is 0 Å². The van der Waals surface area contributed by atoms with Crippen LogP contribution in [0.2, 0.25) is 0 Å². The van der Waals surface area contributed by atoms with Gasteiger partial charge in [0.05, 0.1) is 10.9 Å². The first kappa shape index (κ1) is 20.3. The van der Waals surface area contributed by atoms with Gasteiger partial charge in [-0.3, -0.25) is 5.32 Å². The van der Waals surface area contributed by atoms with E-state index in [4.69, 9.17) is 0 Å². The molecule has 29 heavy (non-hydrogen) atoms. The van der Waals surface area contributed by atoms with Crippen LogP contribution < -0.4 is 10.6 Å². The average Bonchev–Trinajstić information content (AvgIpc) is 3.42. The van der Waals surface area contributed by atoms with Crippen LogP contribution in [0.3, 0.4) is 0 Å². The van der Waals surface area contributed by atoms with Crippen LogP contribution in [0.5, 0.6) is 0 Å². The molecule has 1 aliphatic carbocycles. The summed E-state index contributed by atoms with van der Waals surface area (Å²) in [6.45, 7) is 7.24. The summed E-state index contributed by atoms with van der Waals surface area (Å²) in [7, 11) is -3.19. The number of amides is 2. The fourth-order valence-electron chi connectivity index (χ4n) is 3.33. The molecule has 2 aliphatic rings. The molecule has 0 spiro atoms. The molecule has 156 valence electrons. The van der Waals surface area contributed by atoms with E-state index in [9.17, 15) is 13.2 Å². The normalized spacial score (nSPS) is 17.6. The molecule has 2 N–H and O–H groups in total. The maximum absolute atomic E-state index is 12.5. The highest BCUT2D eigenvalue weighted by molar-refractivity contribution is 7.90. The van der Waals surface area contributed by atoms with Crippen molar-refractivity contribution in [1.82, 2.24) is 9.29 Å². The van der Waals surface area contributed by atoms with E-state index in [1.807, 2.05) is 24.3 Å². The summed E-state index contributed by atoms with van der Waals surface area (Å²) in [4.78, 5) is 17.7. The molecule has 2 aromatic rings. The van der Waals surface area contributed by atoms with Crippen molar-refractivity contribution in [1.29, 1.82) is 0 Å². The van der Waals surface area contributed by atoms with E-state index < -0.39 is 10.0 Å². The van der Waals surface area contributed by atoms with Crippen LogP contribution >= 0.6 is 11.3 Å². The van der Waals surface area contributed by atoms with Gasteiger partial charge in [-0.2, -0.15) is 4.31 Å². The first-order valence-electron chi connectivity index (χ1n) is 9.79. The van der Waals surface area contributed by atoms with Crippen LogP contribution in [-0.2, 0) is 28.4 Å². The van der Waals surface area contributed by atoms with Crippen LogP contribution in [0.1, 0.15) is 49.7 Å². The van der Waals surface area contributed by atoms with Gasteiger partial charge in [0.15, 0.2) is 5.13 Å². The van der Waals surface area contributed by atoms with Gasteiger partial charge < -0.3 is 5.32 Å². The van der Waals surface area contributed by atoms with Crippen molar-refractivity contribution in [2.24, 2.45) is 0 Å². The first-order valence-corrected chi connectivity index (χ1v) is 12.1. The number of rotatable bonds is 4. The number of nitrogens with one attached hydrogen (secondary N) is 2. The lowest BCUT2D eigenvalue weighted by molar-refractivity contribution is 0.262. The van der Waals surface area contributed by atoms with E-state index in [-0.39, 0.29) is 16.7 Å². The molecule has 4 rings (SSSR count). The van der Waals surface area contributed by atoms with E-state index >= 15 is 0 Å². The zero-order valence-electron chi connectivity index (χ0n) is 16.9. The number of aromatic nitrogens is 1. The molecule has 1 fully saturated rings. The highest BCUT2D eigenvalue weighted by Gasteiger charge is 2.41. The Bertz CT molecular complexity index is 1020. The summed E-state index contributed by atoms with van der Waals surface area (Å²) in [6, 6.07) is 7.42. The number of nitrogens with zero attached hydrogens (tertiary/aromatic N) is 2. The molecular weight excluding hydrogens is 408 g/mol. The number of anilines is 2. The number of thiazole rings is 1. The van der Waals surface area contributed by atoms with Crippen molar-refractivity contribution >= 4 is 38.2 Å². The SMILES string of the molecule is CC(C)(C)c1ccc(NC(=O)Nc2nc3c(s2)CN(S(=O)(=O)C2CC2)CC3)cc1. The summed E-state index contributed by atoms with van der Waals surface area (Å²) < 4.78 is 26.5. The minimum atomic E-state index is -3.19. The van der Waals surface area contributed by atoms with Gasteiger partial charge in [0.2, 0.25) is 10.0 Å². The molecule has 1 aliphatic heterocycles. The van der Waals surface area contributed by atoms with E-state index in [1.165, 1.54) is 16.9 Å². The van der Waals surface area contributed by atoms with Gasteiger partial charge in [0, 0.05) is 30.1 Å². The van der Waals surface area contributed by atoms with Gasteiger partial charge in [0.25, 0.3) is 0 Å². The minimum absolute atomic E-state index is 0.0572. The average molecular weight is 435 g/mol. The fraction of sp³-hybridized carbons (Fsp3) is 0.500. The molecule has 0 atom stereocenters. The third-order valence-corrected chi connectivity index (χ3v) is 8.57. The number of benzene rings is 1. The number of urea groups is 1. The number of carbonyl (C=O) groups excluding carboxylic acids is 1. The summed E-state index contributed by atoms with van der Waals surface area (Å²) in [6.07, 6.45) is 2.10. The van der Waals surface area contributed by atoms with Gasteiger partial charge in [-0.05, 0) is 36.0 Å². The van der Waals surface area contributed by atoms with Gasteiger partial charge in [-0.25, -0.2) is 18.2 Å². The van der Waals surface area contributed by atoms with Crippen LogP contribution in [0.15, 0.2) is 24.3 Å². The summed E-state index contributed by atoms with van der Waals surface area (Å²) >= 11 is 1.34. The Labute approximate surface area is 175 Å². The molecular formula is C20H26N4O3S2. The molecule has 0 radical (unpaired) electrons. The molecule has 1 saturated carbocycles. The third-order valence-electron chi connectivity index (χ3n) is 5.23. The zero-order chi connectivity index (χ0) is 20.8. The molecule has 0 unspecified atom stereocenters. The lowest BCUT2D eigenvalue weighted by atomic mass is 9.87. The van der Waals surface area contributed by atoms with Gasteiger partial charge >= 0.3 is 6.03 Å². The second kappa shape index (κ2) is 7.37. The van der Waals surface area contributed by atoms with Crippen molar-refractivity contribution in [2.45, 2.75) is 57.2 Å². The molecule has 0 bridgehead atoms. The molecule has 2 amide bonds. The van der Waals surface area contributed by atoms with Crippen molar-refractivity contribution in [2.75, 3.05) is 17.2 Å². The molecule has 7 nitrogen and oxygen atoms in total. The molecule has 2 heterocycles.